The number of nitrogens with zero attached hydrogens (tertiary/aromatic N) is 26. The SMILES string of the molecule is CC.CC.CC.CC.CC.CC.CC.CC.CC.CC.CC.CC.CC.CC.CC.CC.CC.CC.CC.CC.Cc1nncn1C.Cc1nnn(C)n1.O=C1C=CC=N1.O=C1C=CC=N1.c1ccncc1.c1ccnnc1.c1cnccn1.c1cncnc1.c1cnncn1.c1csnn1.c1ncncn1.c1ncsn1. The van der Waals surface area contributed by atoms with E-state index in [1.807, 2.05) is 331 Å². The molecule has 0 atom stereocenters. The summed E-state index contributed by atoms with van der Waals surface area (Å²) < 4.78 is 9.03. The number of aliphatic imine (C=N–C) groups is 2. The van der Waals surface area contributed by atoms with Gasteiger partial charge in [-0.15, -0.1) is 30.6 Å². The largest absolute Gasteiger partial charge is 0.321 e. The quantitative estimate of drug-likeness (QED) is 0.136. The molecule has 0 saturated heterocycles. The highest BCUT2D eigenvalue weighted by Crippen LogP contribution is 1.85. The van der Waals surface area contributed by atoms with E-state index in [9.17, 15) is 9.59 Å². The van der Waals surface area contributed by atoms with Gasteiger partial charge in [-0.3, -0.25) is 24.5 Å². The fraction of sp³-hybridized carbons (Fsp3) is 0.537. The van der Waals surface area contributed by atoms with Gasteiger partial charge < -0.3 is 4.57 Å². The van der Waals surface area contributed by atoms with E-state index in [1.165, 1.54) is 96.6 Å². The summed E-state index contributed by atoms with van der Waals surface area (Å²) in [6.07, 6.45) is 40.9. The summed E-state index contributed by atoms with van der Waals surface area (Å²) in [4.78, 5) is 64.6. The number of allylic oxidation sites excluding steroid dienone is 2. The molecule has 0 radical (unpaired) electrons. The first-order valence-corrected chi connectivity index (χ1v) is 41.5. The van der Waals surface area contributed by atoms with E-state index in [2.05, 4.69) is 120 Å². The molecule has 0 aliphatic carbocycles. The Morgan fingerprint density at radius 3 is 0.750 bits per heavy atom. The van der Waals surface area contributed by atoms with Gasteiger partial charge in [-0.2, -0.15) is 24.5 Å². The van der Waals surface area contributed by atoms with Gasteiger partial charge in [0.25, 0.3) is 11.8 Å². The van der Waals surface area contributed by atoms with Gasteiger partial charge in [0.1, 0.15) is 55.6 Å². The first-order valence-electron chi connectivity index (χ1n) is 39.9. The molecule has 10 aromatic rings. The molecule has 0 N–H and O–H groups in total. The number of hydrogen-bond acceptors (Lipinski definition) is 26. The van der Waals surface area contributed by atoms with E-state index >= 15 is 0 Å². The molecule has 10 aromatic heterocycles. The van der Waals surface area contributed by atoms with Crippen LogP contribution in [0.4, 0.5) is 0 Å². The molecule has 0 aromatic carbocycles. The Morgan fingerprint density at radius 1 is 0.304 bits per heavy atom. The van der Waals surface area contributed by atoms with Gasteiger partial charge in [0.05, 0.1) is 19.4 Å². The van der Waals surface area contributed by atoms with Crippen LogP contribution in [0.3, 0.4) is 0 Å². The number of pyridine rings is 1. The second-order valence-corrected chi connectivity index (χ2v) is 12.5. The molecule has 2 aliphatic rings. The zero-order valence-corrected chi connectivity index (χ0v) is 80.5. The van der Waals surface area contributed by atoms with Crippen molar-refractivity contribution in [2.45, 2.75) is 291 Å². The molecule has 0 spiro atoms. The van der Waals surface area contributed by atoms with Gasteiger partial charge >= 0.3 is 0 Å². The fourth-order valence-electron chi connectivity index (χ4n) is 3.04. The number of carbonyl (C=O) groups excluding carboxylic acids is 2. The van der Waals surface area contributed by atoms with Crippen LogP contribution in [0.15, 0.2) is 206 Å². The van der Waals surface area contributed by atoms with E-state index < -0.39 is 0 Å². The van der Waals surface area contributed by atoms with Gasteiger partial charge in [-0.25, -0.2) is 44.9 Å². The minimum Gasteiger partial charge on any atom is -0.321 e. The number of carbonyl (C=O) groups is 2. The minimum absolute atomic E-state index is 0.157. The summed E-state index contributed by atoms with van der Waals surface area (Å²) >= 11 is 2.70. The van der Waals surface area contributed by atoms with Gasteiger partial charge in [0.2, 0.25) is 0 Å². The average molecular weight is 1610 g/mol. The Morgan fingerprint density at radius 2 is 0.652 bits per heavy atom. The minimum atomic E-state index is -0.157. The summed E-state index contributed by atoms with van der Waals surface area (Å²) in [6, 6.07) is 11.1. The van der Waals surface area contributed by atoms with Crippen LogP contribution in [0.25, 0.3) is 0 Å². The molecule has 0 saturated carbocycles. The van der Waals surface area contributed by atoms with E-state index in [0.717, 1.165) is 5.82 Å². The van der Waals surface area contributed by atoms with Crippen molar-refractivity contribution >= 4 is 47.3 Å². The van der Waals surface area contributed by atoms with Crippen molar-refractivity contribution in [2.75, 3.05) is 0 Å². The second-order valence-electron chi connectivity index (χ2n) is 11.3. The van der Waals surface area contributed by atoms with Crippen molar-refractivity contribution in [2.24, 2.45) is 24.1 Å². The van der Waals surface area contributed by atoms with E-state index in [-0.39, 0.29) is 11.8 Å². The highest BCUT2D eigenvalue weighted by Gasteiger charge is 1.91. The Hall–Kier alpha value is -10.1. The number of aromatic nitrogens is 24. The third-order valence-corrected chi connectivity index (χ3v) is 6.84. The molecule has 12 heterocycles. The molecule has 2 aliphatic heterocycles. The van der Waals surface area contributed by atoms with Crippen LogP contribution in [0.1, 0.15) is 289 Å². The second kappa shape index (κ2) is 218. The zero-order valence-electron chi connectivity index (χ0n) is 78.9. The molecule has 12 rings (SSSR count). The molecule has 30 heteroatoms. The maximum atomic E-state index is 9.96. The summed E-state index contributed by atoms with van der Waals surface area (Å²) in [7, 11) is 3.65. The average Bonchev–Trinajstić information content (AvgIpc) is 1.85. The van der Waals surface area contributed by atoms with Gasteiger partial charge in [-0.05, 0) is 84.6 Å². The number of amides is 2. The molecule has 648 valence electrons. The van der Waals surface area contributed by atoms with Crippen LogP contribution in [-0.4, -0.2) is 143 Å². The highest BCUT2D eigenvalue weighted by atomic mass is 32.1. The molecule has 0 unspecified atom stereocenters. The molecule has 2 amide bonds. The standard InChI is InChI=1S/C5H5N.C4H7N3.3C4H4N2.2C4H3NO.C3H6N4.2C3H3N3.2C2H2N2S.20C2H6/c1-2-4-6-5-3-1;1-4-6-5-3-7(4)2;1-2-6-4-3-5-1;1-2-5-4-6-3-1;1-2-4-6-5-3-1;2*6-4-2-1-3-5-4;1-3-4-6-7(2)5-3;1-4-2-6-3-5-1;1-2-5-6-3-4-1;1-3-2-5-4-1;1-2-5-4-3-1;20*1-2/h1-5H;3H,1-2H3;3*1-4H;2*1-3H;1-2H3;2*1-3H;2*1-2H;20*1-2H3. The highest BCUT2D eigenvalue weighted by molar-refractivity contribution is 7.03. The molecule has 112 heavy (non-hydrogen) atoms. The third-order valence-electron chi connectivity index (χ3n) is 5.97. The lowest BCUT2D eigenvalue weighted by molar-refractivity contribution is -0.114. The van der Waals surface area contributed by atoms with Crippen LogP contribution in [0.2, 0.25) is 0 Å². The summed E-state index contributed by atoms with van der Waals surface area (Å²) in [6.45, 7) is 83.7. The van der Waals surface area contributed by atoms with Crippen molar-refractivity contribution in [3.63, 3.8) is 0 Å². The summed E-state index contributed by atoms with van der Waals surface area (Å²) in [5.74, 6) is 1.34. The Labute approximate surface area is 695 Å². The lowest BCUT2D eigenvalue weighted by atomic mass is 10.5. The summed E-state index contributed by atoms with van der Waals surface area (Å²) in [5, 5.41) is 37.6. The Kier molecular flexibility index (Phi) is 302. The van der Waals surface area contributed by atoms with Crippen LogP contribution in [-0.2, 0) is 23.7 Å². The van der Waals surface area contributed by atoms with Gasteiger partial charge in [0, 0.05) is 105 Å². The van der Waals surface area contributed by atoms with Crippen molar-refractivity contribution in [1.29, 1.82) is 0 Å². The molecule has 28 nitrogen and oxygen atoms in total. The molecular formula is C82H166N26O2S2. The van der Waals surface area contributed by atoms with Crippen molar-refractivity contribution in [3.8, 4) is 0 Å². The molecule has 0 bridgehead atoms. The number of tetrazole rings is 1. The maximum Gasteiger partial charge on any atom is 0.269 e. The first kappa shape index (κ1) is 155. The summed E-state index contributed by atoms with van der Waals surface area (Å²) in [5.41, 5.74) is 1.68. The molecular weight excluding hydrogens is 1450 g/mol. The topological polar surface area (TPSA) is 352 Å². The number of hydrogen-bond donors (Lipinski definition) is 0. The van der Waals surface area contributed by atoms with Gasteiger partial charge in [0.15, 0.2) is 5.82 Å². The fourth-order valence-corrected chi connectivity index (χ4v) is 3.59. The molecule has 0 fully saturated rings. The predicted molar refractivity (Wildman–Crippen MR) is 491 cm³/mol. The zero-order chi connectivity index (χ0) is 91.9. The predicted octanol–water partition coefficient (Wildman–Crippen LogP) is 23.8. The van der Waals surface area contributed by atoms with Crippen molar-refractivity contribution in [1.82, 2.24) is 119 Å². The van der Waals surface area contributed by atoms with Crippen molar-refractivity contribution < 1.29 is 9.59 Å². The van der Waals surface area contributed by atoms with E-state index in [4.69, 9.17) is 0 Å². The normalized spacial score (nSPS) is 7.36. The van der Waals surface area contributed by atoms with E-state index in [0.29, 0.717) is 5.82 Å². The van der Waals surface area contributed by atoms with E-state index in [1.54, 1.807) is 118 Å². The van der Waals surface area contributed by atoms with Crippen LogP contribution < -0.4 is 0 Å². The number of aryl methyl sites for hydroxylation is 4. The monoisotopic (exact) mass is 1610 g/mol. The van der Waals surface area contributed by atoms with Crippen LogP contribution in [0.5, 0.6) is 0 Å². The van der Waals surface area contributed by atoms with Crippen molar-refractivity contribution in [3.05, 3.63) is 208 Å². The lowest BCUT2D eigenvalue weighted by Crippen LogP contribution is -1.91. The van der Waals surface area contributed by atoms with Gasteiger partial charge in [-0.1, -0.05) is 288 Å². The lowest BCUT2D eigenvalue weighted by Gasteiger charge is -1.84. The first-order chi connectivity index (χ1) is 55.4. The maximum absolute atomic E-state index is 9.96. The Balaban J connectivity index is -0.0000000440. The van der Waals surface area contributed by atoms with Crippen LogP contribution >= 0.6 is 23.1 Å². The Bertz CT molecular complexity index is 2190. The third kappa shape index (κ3) is 206. The smallest absolute Gasteiger partial charge is 0.269 e. The van der Waals surface area contributed by atoms with Crippen LogP contribution in [0, 0.1) is 13.8 Å². The number of rotatable bonds is 0.